The molecule has 1 aliphatic heterocycles. The Balaban J connectivity index is 0.943. The van der Waals surface area contributed by atoms with Crippen LogP contribution < -0.4 is 11.1 Å². The first-order chi connectivity index (χ1) is 21.9. The Morgan fingerprint density at radius 1 is 0.978 bits per heavy atom. The molecule has 2 aliphatic carbocycles. The van der Waals surface area contributed by atoms with Gasteiger partial charge in [-0.2, -0.15) is 5.10 Å². The van der Waals surface area contributed by atoms with Crippen LogP contribution in [0.4, 0.5) is 5.82 Å². The summed E-state index contributed by atoms with van der Waals surface area (Å²) in [5.41, 5.74) is 13.3. The normalized spacial score (nSPS) is 23.4. The fraction of sp³-hybridized carbons (Fsp3) is 0.417. The molecule has 3 N–H and O–H groups in total. The van der Waals surface area contributed by atoms with Crippen LogP contribution in [0.2, 0.25) is 0 Å². The zero-order chi connectivity index (χ0) is 31.0. The van der Waals surface area contributed by atoms with Crippen molar-refractivity contribution in [1.29, 1.82) is 0 Å². The van der Waals surface area contributed by atoms with E-state index in [0.717, 1.165) is 69.5 Å². The summed E-state index contributed by atoms with van der Waals surface area (Å²) in [4.78, 5) is 22.6. The lowest BCUT2D eigenvalue weighted by Gasteiger charge is -2.32. The standard InChI is InChI=1S/C36H43N7O2/c1-41-13-15-43(16-14-41)22-26-5-3-6-28(17-26)27-10-8-25(9-11-27)24-45-33-19-36(33)12-4-7-32(36)40-35(44)31-18-29(20-38-34(31)37)30-21-39-42(2)23-30/h3,5-6,8-11,17-18,20-21,23,32-33H,4,7,12-16,19,22,24H2,1-2H3,(H2,37,38)(H,40,44). The summed E-state index contributed by atoms with van der Waals surface area (Å²) in [6.45, 7) is 6.08. The van der Waals surface area contributed by atoms with Crippen LogP contribution in [-0.4, -0.2) is 75.8 Å². The van der Waals surface area contributed by atoms with Crippen molar-refractivity contribution in [3.05, 3.63) is 89.9 Å². The van der Waals surface area contributed by atoms with Crippen molar-refractivity contribution in [3.8, 4) is 22.3 Å². The number of nitrogens with one attached hydrogen (secondary N) is 1. The summed E-state index contributed by atoms with van der Waals surface area (Å²) in [6.07, 6.45) is 9.55. The highest BCUT2D eigenvalue weighted by molar-refractivity contribution is 5.99. The molecule has 2 aromatic heterocycles. The molecule has 3 atom stereocenters. The topological polar surface area (TPSA) is 102 Å². The molecule has 0 radical (unpaired) electrons. The van der Waals surface area contributed by atoms with E-state index in [1.165, 1.54) is 22.3 Å². The van der Waals surface area contributed by atoms with Crippen molar-refractivity contribution < 1.29 is 9.53 Å². The smallest absolute Gasteiger partial charge is 0.255 e. The number of hydrogen-bond donors (Lipinski definition) is 2. The molecule has 1 amide bonds. The zero-order valence-corrected chi connectivity index (χ0v) is 26.3. The maximum atomic E-state index is 13.4. The number of carbonyl (C=O) groups is 1. The van der Waals surface area contributed by atoms with Gasteiger partial charge in [0.25, 0.3) is 5.91 Å². The number of piperazine rings is 1. The molecule has 7 rings (SSSR count). The van der Waals surface area contributed by atoms with E-state index < -0.39 is 0 Å². The highest BCUT2D eigenvalue weighted by Gasteiger charge is 2.62. The van der Waals surface area contributed by atoms with Crippen LogP contribution in [0.1, 0.15) is 47.2 Å². The van der Waals surface area contributed by atoms with Crippen molar-refractivity contribution in [1.82, 2.24) is 29.9 Å². The quantitative estimate of drug-likeness (QED) is 0.284. The molecule has 4 aromatic rings. The second-order valence-electron chi connectivity index (χ2n) is 13.2. The average molecular weight is 606 g/mol. The van der Waals surface area contributed by atoms with Gasteiger partial charge in [-0.1, -0.05) is 48.9 Å². The van der Waals surface area contributed by atoms with Crippen LogP contribution in [0.3, 0.4) is 0 Å². The number of aromatic nitrogens is 3. The van der Waals surface area contributed by atoms with E-state index in [1.807, 2.05) is 19.3 Å². The van der Waals surface area contributed by atoms with Gasteiger partial charge >= 0.3 is 0 Å². The average Bonchev–Trinajstić information content (AvgIpc) is 3.33. The van der Waals surface area contributed by atoms with E-state index in [4.69, 9.17) is 10.5 Å². The molecule has 3 fully saturated rings. The maximum Gasteiger partial charge on any atom is 0.255 e. The summed E-state index contributed by atoms with van der Waals surface area (Å²) in [6, 6.07) is 19.6. The lowest BCUT2D eigenvalue weighted by atomic mass is 9.99. The minimum Gasteiger partial charge on any atom is -0.383 e. The van der Waals surface area contributed by atoms with Crippen LogP contribution in [0.5, 0.6) is 0 Å². The van der Waals surface area contributed by atoms with Crippen molar-refractivity contribution >= 4 is 11.7 Å². The molecule has 9 nitrogen and oxygen atoms in total. The Bertz CT molecular complexity index is 1660. The fourth-order valence-corrected chi connectivity index (χ4v) is 7.18. The van der Waals surface area contributed by atoms with E-state index in [1.54, 1.807) is 17.1 Å². The third-order valence-electron chi connectivity index (χ3n) is 10.0. The molecule has 1 saturated heterocycles. The van der Waals surface area contributed by atoms with Gasteiger partial charge in [-0.15, -0.1) is 0 Å². The van der Waals surface area contributed by atoms with Crippen molar-refractivity contribution in [2.75, 3.05) is 39.0 Å². The summed E-state index contributed by atoms with van der Waals surface area (Å²) in [7, 11) is 4.06. The second kappa shape index (κ2) is 12.4. The minimum atomic E-state index is -0.175. The molecule has 3 unspecified atom stereocenters. The van der Waals surface area contributed by atoms with E-state index in [9.17, 15) is 4.79 Å². The Kier molecular flexibility index (Phi) is 8.16. The molecule has 0 bridgehead atoms. The summed E-state index contributed by atoms with van der Waals surface area (Å²) >= 11 is 0. The first-order valence-electron chi connectivity index (χ1n) is 16.1. The minimum absolute atomic E-state index is 0.00294. The number of nitrogen functional groups attached to an aromatic ring is 1. The number of ether oxygens (including phenoxy) is 1. The summed E-state index contributed by atoms with van der Waals surface area (Å²) in [5.74, 6) is 0.0619. The Labute approximate surface area is 265 Å². The third kappa shape index (κ3) is 6.38. The van der Waals surface area contributed by atoms with Gasteiger partial charge in [0.2, 0.25) is 0 Å². The van der Waals surface area contributed by atoms with E-state index in [0.29, 0.717) is 12.2 Å². The van der Waals surface area contributed by atoms with Gasteiger partial charge < -0.3 is 20.7 Å². The number of nitrogens with zero attached hydrogens (tertiary/aromatic N) is 5. The van der Waals surface area contributed by atoms with Gasteiger partial charge in [0.05, 0.1) is 24.5 Å². The summed E-state index contributed by atoms with van der Waals surface area (Å²) < 4.78 is 8.17. The van der Waals surface area contributed by atoms with E-state index in [-0.39, 0.29) is 29.3 Å². The lowest BCUT2D eigenvalue weighted by molar-refractivity contribution is 0.0682. The Morgan fingerprint density at radius 2 is 1.80 bits per heavy atom. The van der Waals surface area contributed by atoms with Gasteiger partial charge in [-0.3, -0.25) is 14.4 Å². The predicted octanol–water partition coefficient (Wildman–Crippen LogP) is 4.74. The maximum absolute atomic E-state index is 13.4. The number of hydrogen-bond acceptors (Lipinski definition) is 7. The highest BCUT2D eigenvalue weighted by atomic mass is 16.5. The van der Waals surface area contributed by atoms with Gasteiger partial charge in [0.15, 0.2) is 0 Å². The molecular weight excluding hydrogens is 562 g/mol. The van der Waals surface area contributed by atoms with Gasteiger partial charge in [-0.25, -0.2) is 4.98 Å². The number of anilines is 1. The third-order valence-corrected chi connectivity index (χ3v) is 10.0. The fourth-order valence-electron chi connectivity index (χ4n) is 7.18. The van der Waals surface area contributed by atoms with Crippen LogP contribution in [0.15, 0.2) is 73.2 Å². The number of amides is 1. The molecule has 1 spiro atoms. The largest absolute Gasteiger partial charge is 0.383 e. The molecule has 3 aliphatic rings. The van der Waals surface area contributed by atoms with Crippen LogP contribution in [0.25, 0.3) is 22.3 Å². The van der Waals surface area contributed by atoms with Crippen molar-refractivity contribution in [2.24, 2.45) is 12.5 Å². The molecule has 3 heterocycles. The Morgan fingerprint density at radius 3 is 2.58 bits per heavy atom. The number of carbonyl (C=O) groups excluding carboxylic acids is 1. The lowest BCUT2D eigenvalue weighted by Crippen LogP contribution is -2.43. The molecule has 2 aromatic carbocycles. The number of aryl methyl sites for hydroxylation is 1. The zero-order valence-electron chi connectivity index (χ0n) is 26.3. The monoisotopic (exact) mass is 605 g/mol. The Hall–Kier alpha value is -4.05. The van der Waals surface area contributed by atoms with Crippen LogP contribution in [-0.2, 0) is 24.9 Å². The first-order valence-corrected chi connectivity index (χ1v) is 16.1. The van der Waals surface area contributed by atoms with Gasteiger partial charge in [0, 0.05) is 74.7 Å². The van der Waals surface area contributed by atoms with Crippen molar-refractivity contribution in [3.63, 3.8) is 0 Å². The number of pyridine rings is 1. The molecule has 9 heteroatoms. The van der Waals surface area contributed by atoms with Crippen LogP contribution in [0, 0.1) is 5.41 Å². The first kappa shape index (κ1) is 29.6. The highest BCUT2D eigenvalue weighted by Crippen LogP contribution is 2.59. The van der Waals surface area contributed by atoms with E-state index in [2.05, 4.69) is 80.8 Å². The number of likely N-dealkylation sites (N-methyl/N-ethyl adjacent to an activating group) is 1. The number of rotatable bonds is 9. The summed E-state index contributed by atoms with van der Waals surface area (Å²) in [5, 5.41) is 7.52. The van der Waals surface area contributed by atoms with Crippen molar-refractivity contribution in [2.45, 2.75) is 51.0 Å². The predicted molar refractivity (Wildman–Crippen MR) is 176 cm³/mol. The van der Waals surface area contributed by atoms with Gasteiger partial charge in [-0.05, 0) is 60.7 Å². The van der Waals surface area contributed by atoms with E-state index >= 15 is 0 Å². The molecule has 45 heavy (non-hydrogen) atoms. The number of benzene rings is 2. The van der Waals surface area contributed by atoms with Gasteiger partial charge in [0.1, 0.15) is 5.82 Å². The molecule has 2 saturated carbocycles. The molecular formula is C36H43N7O2. The van der Waals surface area contributed by atoms with Crippen LogP contribution >= 0.6 is 0 Å². The number of nitrogens with two attached hydrogens (primary N) is 1. The second-order valence-corrected chi connectivity index (χ2v) is 13.2. The SMILES string of the molecule is CN1CCN(Cc2cccc(-c3ccc(COC4CC45CCCC5NC(=O)c4cc(-c5cnn(C)c5)cnc4N)cc3)c2)CC1. The molecule has 234 valence electrons.